The van der Waals surface area contributed by atoms with Crippen molar-refractivity contribution in [1.29, 1.82) is 0 Å². The van der Waals surface area contributed by atoms with Crippen LogP contribution < -0.4 is 0 Å². The summed E-state index contributed by atoms with van der Waals surface area (Å²) in [5, 5.41) is 3.82. The Labute approximate surface area is 120 Å². The molecule has 2 aromatic rings. The average molecular weight is 292 g/mol. The van der Waals surface area contributed by atoms with Crippen molar-refractivity contribution in [1.82, 2.24) is 10.1 Å². The van der Waals surface area contributed by atoms with Gasteiger partial charge in [-0.05, 0) is 31.9 Å². The summed E-state index contributed by atoms with van der Waals surface area (Å²) < 4.78 is 31.7. The van der Waals surface area contributed by atoms with Crippen LogP contribution in [0.5, 0.6) is 0 Å². The highest BCUT2D eigenvalue weighted by Crippen LogP contribution is 2.33. The summed E-state index contributed by atoms with van der Waals surface area (Å²) in [6.45, 7) is 2.33. The molecule has 1 aromatic carbocycles. The first-order valence-corrected chi connectivity index (χ1v) is 6.75. The minimum atomic E-state index is -0.760. The van der Waals surface area contributed by atoms with Gasteiger partial charge in [-0.2, -0.15) is 0 Å². The van der Waals surface area contributed by atoms with Gasteiger partial charge < -0.3 is 9.42 Å². The van der Waals surface area contributed by atoms with Gasteiger partial charge in [0.25, 0.3) is 5.91 Å². The number of carbonyl (C=O) groups excluding carboxylic acids is 1. The van der Waals surface area contributed by atoms with Crippen molar-refractivity contribution in [2.24, 2.45) is 0 Å². The fourth-order valence-electron chi connectivity index (χ4n) is 2.69. The molecule has 0 unspecified atom stereocenters. The molecule has 1 aliphatic heterocycles. The van der Waals surface area contributed by atoms with Gasteiger partial charge in [-0.1, -0.05) is 5.16 Å². The van der Waals surface area contributed by atoms with Gasteiger partial charge >= 0.3 is 0 Å². The number of likely N-dealkylation sites (tertiary alicyclic amines) is 1. The Kier molecular flexibility index (Phi) is 3.45. The van der Waals surface area contributed by atoms with Gasteiger partial charge in [0, 0.05) is 24.2 Å². The summed E-state index contributed by atoms with van der Waals surface area (Å²) in [6.07, 6.45) is 1.56. The van der Waals surface area contributed by atoms with E-state index in [4.69, 9.17) is 4.52 Å². The molecule has 0 bridgehead atoms. The SMILES string of the molecule is Cc1cc([C@@H]2CCCN2C(=O)c2cc(F)cc(F)c2)on1. The largest absolute Gasteiger partial charge is 0.359 e. The molecule has 1 atom stereocenters. The van der Waals surface area contributed by atoms with E-state index in [-0.39, 0.29) is 11.6 Å². The summed E-state index contributed by atoms with van der Waals surface area (Å²) in [4.78, 5) is 14.0. The third-order valence-electron chi connectivity index (χ3n) is 3.60. The predicted octanol–water partition coefficient (Wildman–Crippen LogP) is 3.24. The number of hydrogen-bond donors (Lipinski definition) is 0. The molecule has 0 spiro atoms. The van der Waals surface area contributed by atoms with Crippen LogP contribution in [0.3, 0.4) is 0 Å². The molecule has 1 aromatic heterocycles. The minimum Gasteiger partial charge on any atom is -0.359 e. The zero-order valence-corrected chi connectivity index (χ0v) is 11.5. The van der Waals surface area contributed by atoms with E-state index in [2.05, 4.69) is 5.16 Å². The topological polar surface area (TPSA) is 46.3 Å². The number of carbonyl (C=O) groups is 1. The van der Waals surface area contributed by atoms with Crippen molar-refractivity contribution in [3.63, 3.8) is 0 Å². The van der Waals surface area contributed by atoms with Crippen LogP contribution in [0.25, 0.3) is 0 Å². The molecule has 6 heteroatoms. The smallest absolute Gasteiger partial charge is 0.254 e. The maximum Gasteiger partial charge on any atom is 0.254 e. The van der Waals surface area contributed by atoms with Crippen LogP contribution >= 0.6 is 0 Å². The fourth-order valence-corrected chi connectivity index (χ4v) is 2.69. The van der Waals surface area contributed by atoms with Crippen molar-refractivity contribution in [2.75, 3.05) is 6.54 Å². The van der Waals surface area contributed by atoms with E-state index in [9.17, 15) is 13.6 Å². The molecule has 2 heterocycles. The number of rotatable bonds is 2. The standard InChI is InChI=1S/C15H14F2N2O2/c1-9-5-14(21-18-9)13-3-2-4-19(13)15(20)10-6-11(16)8-12(17)7-10/h5-8,13H,2-4H2,1H3/t13-/m0/s1. The number of amides is 1. The Morgan fingerprint density at radius 2 is 2.00 bits per heavy atom. The van der Waals surface area contributed by atoms with E-state index in [1.807, 2.05) is 0 Å². The molecule has 0 saturated carbocycles. The summed E-state index contributed by atoms with van der Waals surface area (Å²) in [7, 11) is 0. The van der Waals surface area contributed by atoms with E-state index in [1.165, 1.54) is 0 Å². The number of benzene rings is 1. The molecule has 110 valence electrons. The van der Waals surface area contributed by atoms with Crippen LogP contribution in [0.1, 0.15) is 40.7 Å². The Morgan fingerprint density at radius 1 is 1.29 bits per heavy atom. The number of halogens is 2. The lowest BCUT2D eigenvalue weighted by molar-refractivity contribution is 0.0713. The van der Waals surface area contributed by atoms with Crippen LogP contribution in [-0.4, -0.2) is 22.5 Å². The van der Waals surface area contributed by atoms with Gasteiger partial charge in [-0.15, -0.1) is 0 Å². The van der Waals surface area contributed by atoms with E-state index >= 15 is 0 Å². The maximum absolute atomic E-state index is 13.3. The second-order valence-corrected chi connectivity index (χ2v) is 5.19. The summed E-state index contributed by atoms with van der Waals surface area (Å²) in [5.41, 5.74) is 0.747. The van der Waals surface area contributed by atoms with Gasteiger partial charge in [0.15, 0.2) is 5.76 Å². The highest BCUT2D eigenvalue weighted by Gasteiger charge is 2.33. The monoisotopic (exact) mass is 292 g/mol. The number of aromatic nitrogens is 1. The van der Waals surface area contributed by atoms with Crippen molar-refractivity contribution in [2.45, 2.75) is 25.8 Å². The third kappa shape index (κ3) is 2.66. The fraction of sp³-hybridized carbons (Fsp3) is 0.333. The molecule has 0 N–H and O–H groups in total. The van der Waals surface area contributed by atoms with Crippen LogP contribution in [0.15, 0.2) is 28.8 Å². The molecule has 1 aliphatic rings. The third-order valence-corrected chi connectivity index (χ3v) is 3.60. The number of hydrogen-bond acceptors (Lipinski definition) is 3. The molecule has 1 saturated heterocycles. The predicted molar refractivity (Wildman–Crippen MR) is 70.6 cm³/mol. The van der Waals surface area contributed by atoms with E-state index in [0.29, 0.717) is 12.3 Å². The highest BCUT2D eigenvalue weighted by molar-refractivity contribution is 5.94. The lowest BCUT2D eigenvalue weighted by atomic mass is 10.1. The second kappa shape index (κ2) is 5.27. The number of aryl methyl sites for hydroxylation is 1. The summed E-state index contributed by atoms with van der Waals surface area (Å²) in [5.74, 6) is -1.31. The first kappa shape index (κ1) is 13.7. The summed E-state index contributed by atoms with van der Waals surface area (Å²) >= 11 is 0. The maximum atomic E-state index is 13.3. The van der Waals surface area contributed by atoms with E-state index < -0.39 is 17.5 Å². The average Bonchev–Trinajstić information content (AvgIpc) is 3.04. The molecule has 21 heavy (non-hydrogen) atoms. The molecule has 0 radical (unpaired) electrons. The van der Waals surface area contributed by atoms with Crippen LogP contribution in [0, 0.1) is 18.6 Å². The first-order valence-electron chi connectivity index (χ1n) is 6.75. The van der Waals surface area contributed by atoms with E-state index in [1.54, 1.807) is 17.9 Å². The Morgan fingerprint density at radius 3 is 2.62 bits per heavy atom. The molecule has 1 amide bonds. The van der Waals surface area contributed by atoms with E-state index in [0.717, 1.165) is 36.7 Å². The number of nitrogens with zero attached hydrogens (tertiary/aromatic N) is 2. The van der Waals surface area contributed by atoms with Crippen LogP contribution in [0.4, 0.5) is 8.78 Å². The van der Waals surface area contributed by atoms with Crippen molar-refractivity contribution < 1.29 is 18.1 Å². The highest BCUT2D eigenvalue weighted by atomic mass is 19.1. The zero-order valence-electron chi connectivity index (χ0n) is 11.5. The Bertz CT molecular complexity index is 664. The molecular weight excluding hydrogens is 278 g/mol. The van der Waals surface area contributed by atoms with Crippen molar-refractivity contribution >= 4 is 5.91 Å². The molecule has 3 rings (SSSR count). The summed E-state index contributed by atoms with van der Waals surface area (Å²) in [6, 6.07) is 4.39. The minimum absolute atomic E-state index is 0.00985. The molecular formula is C15H14F2N2O2. The Hall–Kier alpha value is -2.24. The second-order valence-electron chi connectivity index (χ2n) is 5.19. The molecule has 1 fully saturated rings. The molecule has 4 nitrogen and oxygen atoms in total. The molecule has 0 aliphatic carbocycles. The quantitative estimate of drug-likeness (QED) is 0.853. The lowest BCUT2D eigenvalue weighted by Gasteiger charge is -2.22. The lowest BCUT2D eigenvalue weighted by Crippen LogP contribution is -2.30. The van der Waals surface area contributed by atoms with Crippen molar-refractivity contribution in [3.8, 4) is 0 Å². The van der Waals surface area contributed by atoms with Crippen LogP contribution in [-0.2, 0) is 0 Å². The first-order chi connectivity index (χ1) is 10.0. The van der Waals surface area contributed by atoms with Gasteiger partial charge in [0.05, 0.1) is 11.7 Å². The Balaban J connectivity index is 1.89. The van der Waals surface area contributed by atoms with Crippen molar-refractivity contribution in [3.05, 3.63) is 52.9 Å². The van der Waals surface area contributed by atoms with Gasteiger partial charge in [0.1, 0.15) is 11.6 Å². The zero-order chi connectivity index (χ0) is 15.0. The van der Waals surface area contributed by atoms with Gasteiger partial charge in [-0.25, -0.2) is 8.78 Å². The van der Waals surface area contributed by atoms with Crippen LogP contribution in [0.2, 0.25) is 0 Å². The van der Waals surface area contributed by atoms with Gasteiger partial charge in [-0.3, -0.25) is 4.79 Å². The van der Waals surface area contributed by atoms with Gasteiger partial charge in [0.2, 0.25) is 0 Å². The normalized spacial score (nSPS) is 18.2.